The average Bonchev–Trinajstić information content (AvgIpc) is 3.37. The first-order valence-corrected chi connectivity index (χ1v) is 10.8. The number of hydrogen-bond donors (Lipinski definition) is 2. The van der Waals surface area contributed by atoms with E-state index in [1.807, 2.05) is 26.0 Å². The first kappa shape index (κ1) is 21.8. The van der Waals surface area contributed by atoms with E-state index in [0.717, 1.165) is 17.7 Å². The topological polar surface area (TPSA) is 56.6 Å². The molecule has 0 aliphatic carbocycles. The lowest BCUT2D eigenvalue weighted by Crippen LogP contribution is -2.24. The number of aryl methyl sites for hydroxylation is 1. The lowest BCUT2D eigenvalue weighted by molar-refractivity contribution is -0.583. The molecule has 0 radical (unpaired) electrons. The molecule has 1 aliphatic rings. The van der Waals surface area contributed by atoms with Gasteiger partial charge in [-0.2, -0.15) is 0 Å². The van der Waals surface area contributed by atoms with Crippen LogP contribution in [0.25, 0.3) is 23.7 Å². The van der Waals surface area contributed by atoms with Gasteiger partial charge in [0.05, 0.1) is 5.56 Å². The van der Waals surface area contributed by atoms with Crippen LogP contribution in [-0.2, 0) is 11.8 Å². The van der Waals surface area contributed by atoms with E-state index in [1.54, 1.807) is 6.07 Å². The Kier molecular flexibility index (Phi) is 6.18. The normalized spacial score (nSPS) is 12.9. The average molecular weight is 405 g/mol. The second kappa shape index (κ2) is 8.49. The van der Waals surface area contributed by atoms with Crippen molar-refractivity contribution in [2.75, 3.05) is 6.54 Å². The van der Waals surface area contributed by atoms with E-state index in [0.29, 0.717) is 12.3 Å². The van der Waals surface area contributed by atoms with Gasteiger partial charge in [-0.1, -0.05) is 45.0 Å². The molecule has 4 rings (SSSR count). The minimum atomic E-state index is 0.0370. The highest BCUT2D eigenvalue weighted by molar-refractivity contribution is 5.77. The SMILES string of the molecule is CC.Cc1cc(/C=C/c2cc(C(C)(C)C)ccc2O)n2c1c(CCN)c1[n+]2=CC=C1. The molecule has 0 atom stereocenters. The molecule has 0 fully saturated rings. The Hall–Kier alpha value is -2.85. The van der Waals surface area contributed by atoms with Gasteiger partial charge in [-0.05, 0) is 66.8 Å². The van der Waals surface area contributed by atoms with Crippen molar-refractivity contribution >= 4 is 23.7 Å². The number of benzene rings is 1. The molecule has 30 heavy (non-hydrogen) atoms. The lowest BCUT2D eigenvalue weighted by atomic mass is 9.86. The second-order valence-corrected chi connectivity index (χ2v) is 8.52. The minimum absolute atomic E-state index is 0.0370. The van der Waals surface area contributed by atoms with Gasteiger partial charge in [0.1, 0.15) is 17.0 Å². The summed E-state index contributed by atoms with van der Waals surface area (Å²) in [6.45, 7) is 13.3. The third kappa shape index (κ3) is 3.80. The van der Waals surface area contributed by atoms with Gasteiger partial charge in [0.15, 0.2) is 0 Å². The van der Waals surface area contributed by atoms with Gasteiger partial charge < -0.3 is 10.8 Å². The molecule has 0 unspecified atom stereocenters. The smallest absolute Gasteiger partial charge is 0.242 e. The number of aromatic nitrogens is 2. The Balaban J connectivity index is 0.00000124. The van der Waals surface area contributed by atoms with Crippen LogP contribution in [0.1, 0.15) is 68.3 Å². The molecule has 1 aromatic carbocycles. The van der Waals surface area contributed by atoms with E-state index < -0.39 is 0 Å². The van der Waals surface area contributed by atoms with E-state index in [4.69, 9.17) is 5.73 Å². The summed E-state index contributed by atoms with van der Waals surface area (Å²) in [5.41, 5.74) is 14.0. The van der Waals surface area contributed by atoms with Gasteiger partial charge in [0.25, 0.3) is 0 Å². The van der Waals surface area contributed by atoms with Crippen LogP contribution in [0, 0.1) is 13.1 Å². The van der Waals surface area contributed by atoms with E-state index in [1.165, 1.54) is 27.9 Å². The molecule has 3 aromatic rings. The summed E-state index contributed by atoms with van der Waals surface area (Å²) in [6.07, 6.45) is 11.2. The number of hydrogen-bond acceptors (Lipinski definition) is 2. The van der Waals surface area contributed by atoms with Crippen LogP contribution in [-0.4, -0.2) is 16.2 Å². The summed E-state index contributed by atoms with van der Waals surface area (Å²) in [6, 6.07) is 8.03. The predicted molar refractivity (Wildman–Crippen MR) is 126 cm³/mol. The van der Waals surface area contributed by atoms with E-state index in [2.05, 4.69) is 73.1 Å². The number of nitrogens with two attached hydrogens (primary N) is 1. The Bertz CT molecular complexity index is 1170. The Labute approximate surface area is 179 Å². The predicted octanol–water partition coefficient (Wildman–Crippen LogP) is 4.99. The quantitative estimate of drug-likeness (QED) is 0.602. The molecular weight excluding hydrogens is 370 g/mol. The van der Waals surface area contributed by atoms with Crippen LogP contribution in [0.5, 0.6) is 5.75 Å². The van der Waals surface area contributed by atoms with Crippen molar-refractivity contribution in [3.05, 3.63) is 70.2 Å². The van der Waals surface area contributed by atoms with Crippen molar-refractivity contribution < 1.29 is 9.46 Å². The molecule has 0 amide bonds. The molecule has 0 saturated carbocycles. The highest BCUT2D eigenvalue weighted by Crippen LogP contribution is 2.29. The van der Waals surface area contributed by atoms with Crippen molar-refractivity contribution in [1.82, 2.24) is 4.52 Å². The number of phenols is 1. The van der Waals surface area contributed by atoms with Crippen molar-refractivity contribution in [2.45, 2.75) is 53.4 Å². The molecular formula is C26H34N3O+. The van der Waals surface area contributed by atoms with Crippen LogP contribution < -0.4 is 10.1 Å². The zero-order valence-electron chi connectivity index (χ0n) is 19.0. The van der Waals surface area contributed by atoms with Crippen molar-refractivity contribution in [3.8, 4) is 5.75 Å². The molecule has 2 aromatic heterocycles. The molecule has 4 nitrogen and oxygen atoms in total. The first-order chi connectivity index (χ1) is 14.3. The fourth-order valence-electron chi connectivity index (χ4n) is 3.99. The third-order valence-corrected chi connectivity index (χ3v) is 5.45. The van der Waals surface area contributed by atoms with E-state index in [-0.39, 0.29) is 5.41 Å². The van der Waals surface area contributed by atoms with E-state index in [9.17, 15) is 5.11 Å². The maximum absolute atomic E-state index is 10.3. The lowest BCUT2D eigenvalue weighted by Gasteiger charge is -2.19. The van der Waals surface area contributed by atoms with Crippen molar-refractivity contribution in [2.24, 2.45) is 5.73 Å². The number of fused-ring (bicyclic) bond motifs is 3. The number of nitrogens with zero attached hydrogens (tertiary/aromatic N) is 2. The third-order valence-electron chi connectivity index (χ3n) is 5.45. The minimum Gasteiger partial charge on any atom is -0.507 e. The van der Waals surface area contributed by atoms with Gasteiger partial charge in [0, 0.05) is 17.7 Å². The number of allylic oxidation sites excluding steroid dienone is 1. The summed E-state index contributed by atoms with van der Waals surface area (Å²) in [7, 11) is 0. The van der Waals surface area contributed by atoms with Gasteiger partial charge in [-0.25, -0.2) is 0 Å². The largest absolute Gasteiger partial charge is 0.507 e. The number of phenolic OH excluding ortho intramolecular Hbond substituents is 1. The molecule has 158 valence electrons. The zero-order valence-corrected chi connectivity index (χ0v) is 19.0. The Morgan fingerprint density at radius 3 is 2.53 bits per heavy atom. The highest BCUT2D eigenvalue weighted by atomic mass is 16.3. The summed E-state index contributed by atoms with van der Waals surface area (Å²) < 4.78 is 4.41. The van der Waals surface area contributed by atoms with Gasteiger partial charge in [-0.3, -0.25) is 0 Å². The molecule has 3 heterocycles. The van der Waals surface area contributed by atoms with Crippen LogP contribution in [0.2, 0.25) is 0 Å². The number of aromatic hydroxyl groups is 1. The summed E-state index contributed by atoms with van der Waals surface area (Å²) in [5, 5.41) is 10.3. The molecule has 0 bridgehead atoms. The second-order valence-electron chi connectivity index (χ2n) is 8.52. The van der Waals surface area contributed by atoms with Crippen LogP contribution >= 0.6 is 0 Å². The molecule has 0 spiro atoms. The zero-order chi connectivity index (χ0) is 22.1. The fraction of sp³-hybridized carbons (Fsp3) is 0.346. The van der Waals surface area contributed by atoms with Crippen molar-refractivity contribution in [1.29, 1.82) is 0 Å². The summed E-state index contributed by atoms with van der Waals surface area (Å²) >= 11 is 0. The van der Waals surface area contributed by atoms with Gasteiger partial charge in [-0.15, -0.1) is 4.52 Å². The van der Waals surface area contributed by atoms with Crippen LogP contribution in [0.3, 0.4) is 0 Å². The molecule has 0 saturated heterocycles. The maximum Gasteiger partial charge on any atom is 0.242 e. The molecule has 4 heteroatoms. The summed E-state index contributed by atoms with van der Waals surface area (Å²) in [4.78, 5) is 0. The van der Waals surface area contributed by atoms with Crippen LogP contribution in [0.4, 0.5) is 0 Å². The Morgan fingerprint density at radius 2 is 1.87 bits per heavy atom. The highest BCUT2D eigenvalue weighted by Gasteiger charge is 2.26. The summed E-state index contributed by atoms with van der Waals surface area (Å²) in [5.74, 6) is 0.297. The Morgan fingerprint density at radius 1 is 1.13 bits per heavy atom. The maximum atomic E-state index is 10.3. The van der Waals surface area contributed by atoms with E-state index >= 15 is 0 Å². The molecule has 3 N–H and O–H groups in total. The standard InChI is InChI=1S/C24H27N3O.C2H6/c1-16-14-19(9-7-17-15-18(24(2,3)4)8-10-22(17)28)27-23(16)20(11-12-25)21-6-5-13-26(21)27;1-2/h5-10,13-15H,11-12,25H2,1-4H3;1-2H3/p+1. The van der Waals surface area contributed by atoms with Crippen molar-refractivity contribution in [3.63, 3.8) is 0 Å². The monoisotopic (exact) mass is 404 g/mol. The molecule has 1 aliphatic heterocycles. The van der Waals surface area contributed by atoms with Gasteiger partial charge in [0.2, 0.25) is 11.9 Å². The fourth-order valence-corrected chi connectivity index (χ4v) is 3.99. The first-order valence-electron chi connectivity index (χ1n) is 10.8. The van der Waals surface area contributed by atoms with Crippen LogP contribution in [0.15, 0.2) is 30.3 Å². The number of rotatable bonds is 4. The van der Waals surface area contributed by atoms with Gasteiger partial charge >= 0.3 is 0 Å².